The molecular formula is C19H14ClN5O2S. The number of nitrogens with one attached hydrogen (secondary N) is 1. The number of anilines is 2. The Morgan fingerprint density at radius 2 is 2.11 bits per heavy atom. The second kappa shape index (κ2) is 7.46. The highest BCUT2D eigenvalue weighted by Crippen LogP contribution is 2.27. The number of aromatic nitrogens is 1. The number of nitrogens with zero attached hydrogens (tertiary/aromatic N) is 4. The van der Waals surface area contributed by atoms with Gasteiger partial charge in [-0.15, -0.1) is 0 Å². The van der Waals surface area contributed by atoms with E-state index in [2.05, 4.69) is 16.4 Å². The standard InChI is InChI=1S/C19H14ClN5O2S/c20-13-2-1-3-14(9-13)25-7-6-24(11-17(25)26)19(27)23-18-22-15-5-4-12(10-21)8-16(15)28-18/h1-5,8-9H,6-7,11H2,(H,22,23,27). The molecule has 0 unspecified atom stereocenters. The molecule has 4 rings (SSSR count). The van der Waals surface area contributed by atoms with E-state index >= 15 is 0 Å². The molecule has 0 radical (unpaired) electrons. The molecule has 28 heavy (non-hydrogen) atoms. The first-order valence-electron chi connectivity index (χ1n) is 8.46. The molecule has 2 heterocycles. The maximum atomic E-state index is 12.5. The number of carbonyl (C=O) groups is 2. The zero-order valence-electron chi connectivity index (χ0n) is 14.6. The van der Waals surface area contributed by atoms with Crippen molar-refractivity contribution in [1.82, 2.24) is 9.88 Å². The number of thiazole rings is 1. The molecule has 2 aromatic carbocycles. The average Bonchev–Trinajstić information content (AvgIpc) is 3.09. The van der Waals surface area contributed by atoms with E-state index in [9.17, 15) is 9.59 Å². The van der Waals surface area contributed by atoms with Crippen molar-refractivity contribution in [2.45, 2.75) is 0 Å². The van der Waals surface area contributed by atoms with Gasteiger partial charge in [0.25, 0.3) is 0 Å². The van der Waals surface area contributed by atoms with Crippen molar-refractivity contribution in [2.75, 3.05) is 29.9 Å². The summed E-state index contributed by atoms with van der Waals surface area (Å²) in [6.45, 7) is 0.757. The molecule has 9 heteroatoms. The maximum absolute atomic E-state index is 12.5. The largest absolute Gasteiger partial charge is 0.324 e. The lowest BCUT2D eigenvalue weighted by Gasteiger charge is -2.34. The van der Waals surface area contributed by atoms with Gasteiger partial charge in [0.2, 0.25) is 5.91 Å². The molecule has 1 aromatic heterocycles. The van der Waals surface area contributed by atoms with Crippen LogP contribution in [0.15, 0.2) is 42.5 Å². The summed E-state index contributed by atoms with van der Waals surface area (Å²) in [4.78, 5) is 32.5. The van der Waals surface area contributed by atoms with Crippen LogP contribution in [0.25, 0.3) is 10.2 Å². The van der Waals surface area contributed by atoms with Gasteiger partial charge in [-0.1, -0.05) is 29.0 Å². The van der Waals surface area contributed by atoms with Gasteiger partial charge in [-0.05, 0) is 36.4 Å². The van der Waals surface area contributed by atoms with E-state index in [1.165, 1.54) is 16.2 Å². The normalized spacial score (nSPS) is 14.2. The van der Waals surface area contributed by atoms with Crippen LogP contribution in [0.4, 0.5) is 15.6 Å². The molecule has 1 aliphatic rings. The molecule has 140 valence electrons. The lowest BCUT2D eigenvalue weighted by molar-refractivity contribution is -0.120. The highest BCUT2D eigenvalue weighted by atomic mass is 35.5. The van der Waals surface area contributed by atoms with Crippen LogP contribution in [0.1, 0.15) is 5.56 Å². The summed E-state index contributed by atoms with van der Waals surface area (Å²) in [7, 11) is 0. The van der Waals surface area contributed by atoms with Gasteiger partial charge in [-0.3, -0.25) is 10.1 Å². The number of nitriles is 1. The molecule has 0 bridgehead atoms. The van der Waals surface area contributed by atoms with Gasteiger partial charge in [0.05, 0.1) is 21.8 Å². The third-order valence-corrected chi connectivity index (χ3v) is 5.53. The Morgan fingerprint density at radius 3 is 2.86 bits per heavy atom. The van der Waals surface area contributed by atoms with Gasteiger partial charge < -0.3 is 9.80 Å². The average molecular weight is 412 g/mol. The van der Waals surface area contributed by atoms with E-state index in [0.717, 1.165) is 10.4 Å². The monoisotopic (exact) mass is 411 g/mol. The van der Waals surface area contributed by atoms with Gasteiger partial charge in [0, 0.05) is 23.8 Å². The summed E-state index contributed by atoms with van der Waals surface area (Å²) in [6.07, 6.45) is 0. The second-order valence-electron chi connectivity index (χ2n) is 6.19. The number of hydrogen-bond acceptors (Lipinski definition) is 5. The van der Waals surface area contributed by atoms with Crippen molar-refractivity contribution in [3.05, 3.63) is 53.1 Å². The Morgan fingerprint density at radius 1 is 1.25 bits per heavy atom. The Kier molecular flexibility index (Phi) is 4.86. The number of fused-ring (bicyclic) bond motifs is 1. The molecule has 3 aromatic rings. The molecule has 7 nitrogen and oxygen atoms in total. The van der Waals surface area contributed by atoms with Crippen LogP contribution in [0.3, 0.4) is 0 Å². The van der Waals surface area contributed by atoms with E-state index in [1.54, 1.807) is 41.3 Å². The maximum Gasteiger partial charge on any atom is 0.324 e. The minimum absolute atomic E-state index is 0.0260. The molecule has 0 atom stereocenters. The van der Waals surface area contributed by atoms with E-state index in [0.29, 0.717) is 34.3 Å². The number of amides is 3. The molecule has 1 aliphatic heterocycles. The second-order valence-corrected chi connectivity index (χ2v) is 7.66. The first-order chi connectivity index (χ1) is 13.5. The first-order valence-corrected chi connectivity index (χ1v) is 9.65. The third-order valence-electron chi connectivity index (χ3n) is 4.36. The lowest BCUT2D eigenvalue weighted by atomic mass is 10.2. The van der Waals surface area contributed by atoms with E-state index < -0.39 is 0 Å². The smallest absolute Gasteiger partial charge is 0.313 e. The number of urea groups is 1. The SMILES string of the molecule is N#Cc1ccc2nc(NC(=O)N3CCN(c4cccc(Cl)c4)C(=O)C3)sc2c1. The fourth-order valence-corrected chi connectivity index (χ4v) is 4.06. The summed E-state index contributed by atoms with van der Waals surface area (Å²) in [5.74, 6) is -0.174. The van der Waals surface area contributed by atoms with Crippen molar-refractivity contribution in [3.63, 3.8) is 0 Å². The van der Waals surface area contributed by atoms with E-state index in [-0.39, 0.29) is 18.5 Å². The van der Waals surface area contributed by atoms with Crippen molar-refractivity contribution in [1.29, 1.82) is 5.26 Å². The number of piperazine rings is 1. The van der Waals surface area contributed by atoms with Crippen LogP contribution in [0.5, 0.6) is 0 Å². The van der Waals surface area contributed by atoms with Gasteiger partial charge in [0.1, 0.15) is 6.54 Å². The highest BCUT2D eigenvalue weighted by Gasteiger charge is 2.28. The van der Waals surface area contributed by atoms with Gasteiger partial charge in [-0.25, -0.2) is 9.78 Å². The minimum atomic E-state index is -0.376. The Labute approximate surface area is 169 Å². The van der Waals surface area contributed by atoms with Gasteiger partial charge >= 0.3 is 6.03 Å². The van der Waals surface area contributed by atoms with E-state index in [1.807, 2.05) is 6.07 Å². The predicted octanol–water partition coefficient (Wildman–Crippen LogP) is 3.70. The fourth-order valence-electron chi connectivity index (χ4n) is 2.98. The number of hydrogen-bond donors (Lipinski definition) is 1. The molecule has 1 fully saturated rings. The van der Waals surface area contributed by atoms with Crippen molar-refractivity contribution < 1.29 is 9.59 Å². The van der Waals surface area contributed by atoms with Gasteiger partial charge in [-0.2, -0.15) is 5.26 Å². The summed E-state index contributed by atoms with van der Waals surface area (Å²) in [6, 6.07) is 13.9. The fraction of sp³-hybridized carbons (Fsp3) is 0.158. The summed E-state index contributed by atoms with van der Waals surface area (Å²) >= 11 is 7.29. The summed E-state index contributed by atoms with van der Waals surface area (Å²) < 4.78 is 0.816. The number of rotatable bonds is 2. The Balaban J connectivity index is 1.44. The van der Waals surface area contributed by atoms with Gasteiger partial charge in [0.15, 0.2) is 5.13 Å². The molecule has 0 spiro atoms. The Bertz CT molecular complexity index is 1120. The summed E-state index contributed by atoms with van der Waals surface area (Å²) in [5.41, 5.74) is 1.97. The van der Waals surface area contributed by atoms with Crippen LogP contribution < -0.4 is 10.2 Å². The summed E-state index contributed by atoms with van der Waals surface area (Å²) in [5, 5.41) is 12.7. The minimum Gasteiger partial charge on any atom is -0.313 e. The number of carbonyl (C=O) groups excluding carboxylic acids is 2. The quantitative estimate of drug-likeness (QED) is 0.696. The predicted molar refractivity (Wildman–Crippen MR) is 109 cm³/mol. The number of halogens is 1. The zero-order valence-corrected chi connectivity index (χ0v) is 16.1. The molecule has 1 saturated heterocycles. The van der Waals surface area contributed by atoms with Crippen LogP contribution in [-0.2, 0) is 4.79 Å². The van der Waals surface area contributed by atoms with Crippen LogP contribution in [0.2, 0.25) is 5.02 Å². The highest BCUT2D eigenvalue weighted by molar-refractivity contribution is 7.22. The van der Waals surface area contributed by atoms with Crippen LogP contribution >= 0.6 is 22.9 Å². The molecule has 0 saturated carbocycles. The first kappa shape index (κ1) is 18.2. The third kappa shape index (κ3) is 3.63. The molecule has 1 N–H and O–H groups in total. The lowest BCUT2D eigenvalue weighted by Crippen LogP contribution is -2.53. The van der Waals surface area contributed by atoms with Crippen molar-refractivity contribution in [2.24, 2.45) is 0 Å². The topological polar surface area (TPSA) is 89.3 Å². The van der Waals surface area contributed by atoms with Crippen LogP contribution in [0, 0.1) is 11.3 Å². The molecule has 0 aliphatic carbocycles. The van der Waals surface area contributed by atoms with Crippen molar-refractivity contribution in [3.8, 4) is 6.07 Å². The van der Waals surface area contributed by atoms with Crippen LogP contribution in [-0.4, -0.2) is 41.5 Å². The number of benzene rings is 2. The molecular weight excluding hydrogens is 398 g/mol. The molecule has 3 amide bonds. The zero-order chi connectivity index (χ0) is 19.7. The van der Waals surface area contributed by atoms with Crippen molar-refractivity contribution >= 4 is 55.9 Å². The Hall–Kier alpha value is -3.15. The van der Waals surface area contributed by atoms with E-state index in [4.69, 9.17) is 16.9 Å².